The van der Waals surface area contributed by atoms with Crippen molar-refractivity contribution in [2.45, 2.75) is 38.6 Å². The number of benzene rings is 1. The van der Waals surface area contributed by atoms with Crippen LogP contribution in [0.25, 0.3) is 0 Å². The van der Waals surface area contributed by atoms with Crippen molar-refractivity contribution in [3.8, 4) is 5.75 Å². The van der Waals surface area contributed by atoms with Gasteiger partial charge in [0.05, 0.1) is 12.8 Å². The molecule has 0 N–H and O–H groups in total. The van der Waals surface area contributed by atoms with Gasteiger partial charge in [0.25, 0.3) is 0 Å². The molecule has 4 nitrogen and oxygen atoms in total. The molecule has 0 spiro atoms. The Balaban J connectivity index is 1.78. The number of hydrogen-bond acceptors (Lipinski definition) is 3. The third-order valence-corrected chi connectivity index (χ3v) is 4.82. The van der Waals surface area contributed by atoms with Crippen LogP contribution in [0.3, 0.4) is 0 Å². The minimum absolute atomic E-state index is 0.651. The van der Waals surface area contributed by atoms with E-state index in [0.717, 1.165) is 24.4 Å². The fraction of sp³-hybridized carbons (Fsp3) is 0.526. The highest BCUT2D eigenvalue weighted by Crippen LogP contribution is 2.28. The zero-order chi connectivity index (χ0) is 16.2. The number of likely N-dealkylation sites (tertiary alicyclic amines) is 1. The summed E-state index contributed by atoms with van der Waals surface area (Å²) in [5, 5.41) is 4.84. The van der Waals surface area contributed by atoms with E-state index in [9.17, 15) is 0 Å². The van der Waals surface area contributed by atoms with Crippen LogP contribution in [0.1, 0.15) is 42.6 Å². The van der Waals surface area contributed by atoms with E-state index >= 15 is 0 Å². The molecule has 1 aliphatic rings. The minimum atomic E-state index is 0.651. The maximum Gasteiger partial charge on any atom is 0.119 e. The van der Waals surface area contributed by atoms with E-state index in [4.69, 9.17) is 9.84 Å². The zero-order valence-corrected chi connectivity index (χ0v) is 14.5. The molecule has 4 heteroatoms. The lowest BCUT2D eigenvalue weighted by atomic mass is 9.93. The maximum absolute atomic E-state index is 5.32. The molecule has 0 radical (unpaired) electrons. The first-order chi connectivity index (χ1) is 11.2. The van der Waals surface area contributed by atoms with Crippen molar-refractivity contribution >= 4 is 0 Å². The molecule has 0 saturated carbocycles. The van der Waals surface area contributed by atoms with Gasteiger partial charge in [-0.1, -0.05) is 12.1 Å². The summed E-state index contributed by atoms with van der Waals surface area (Å²) in [4.78, 5) is 2.42. The Bertz CT molecular complexity index is 642. The first kappa shape index (κ1) is 16.1. The normalized spacial score (nSPS) is 16.7. The zero-order valence-electron chi connectivity index (χ0n) is 14.5. The molecule has 2 aromatic rings. The summed E-state index contributed by atoms with van der Waals surface area (Å²) in [7, 11) is 3.92. The van der Waals surface area contributed by atoms with Crippen molar-refractivity contribution in [1.82, 2.24) is 14.7 Å². The van der Waals surface area contributed by atoms with E-state index in [1.807, 2.05) is 12.1 Å². The summed E-state index contributed by atoms with van der Waals surface area (Å²) in [6, 6.07) is 10.6. The number of nitrogens with zero attached hydrogens (tertiary/aromatic N) is 3. The van der Waals surface area contributed by atoms with Crippen molar-refractivity contribution in [3.63, 3.8) is 0 Å². The summed E-state index contributed by atoms with van der Waals surface area (Å²) in [5.74, 6) is 1.56. The largest absolute Gasteiger partial charge is 0.497 e. The van der Waals surface area contributed by atoms with Gasteiger partial charge < -0.3 is 9.64 Å². The Morgan fingerprint density at radius 1 is 1.22 bits per heavy atom. The number of hydrogen-bond donors (Lipinski definition) is 0. The van der Waals surface area contributed by atoms with E-state index in [0.29, 0.717) is 5.92 Å². The quantitative estimate of drug-likeness (QED) is 0.848. The second kappa shape index (κ2) is 7.18. The lowest BCUT2D eigenvalue weighted by Crippen LogP contribution is -2.30. The number of aromatic nitrogens is 2. The van der Waals surface area contributed by atoms with Crippen LogP contribution in [-0.2, 0) is 13.0 Å². The summed E-state index contributed by atoms with van der Waals surface area (Å²) >= 11 is 0. The van der Waals surface area contributed by atoms with E-state index in [-0.39, 0.29) is 0 Å². The summed E-state index contributed by atoms with van der Waals surface area (Å²) in [5.41, 5.74) is 3.83. The molecular formula is C19H27N3O. The molecule has 1 aliphatic heterocycles. The highest BCUT2D eigenvalue weighted by Gasteiger charge is 2.22. The number of aryl methyl sites for hydroxylation is 1. The number of rotatable bonds is 5. The van der Waals surface area contributed by atoms with Crippen LogP contribution >= 0.6 is 0 Å². The Morgan fingerprint density at radius 2 is 2.00 bits per heavy atom. The molecule has 0 atom stereocenters. The van der Waals surface area contributed by atoms with Gasteiger partial charge >= 0.3 is 0 Å². The van der Waals surface area contributed by atoms with Gasteiger partial charge in [0, 0.05) is 24.6 Å². The topological polar surface area (TPSA) is 30.3 Å². The summed E-state index contributed by atoms with van der Waals surface area (Å²) in [6.07, 6.45) is 3.34. The van der Waals surface area contributed by atoms with Gasteiger partial charge in [0.1, 0.15) is 5.75 Å². The molecule has 0 bridgehead atoms. The fourth-order valence-corrected chi connectivity index (χ4v) is 3.45. The van der Waals surface area contributed by atoms with Crippen LogP contribution in [0.4, 0.5) is 0 Å². The van der Waals surface area contributed by atoms with Crippen molar-refractivity contribution in [3.05, 3.63) is 47.3 Å². The van der Waals surface area contributed by atoms with Crippen molar-refractivity contribution in [2.75, 3.05) is 27.2 Å². The average molecular weight is 313 g/mol. The lowest BCUT2D eigenvalue weighted by molar-refractivity contribution is 0.250. The summed E-state index contributed by atoms with van der Waals surface area (Å²) in [6.45, 7) is 5.50. The van der Waals surface area contributed by atoms with Crippen LogP contribution < -0.4 is 4.74 Å². The molecule has 0 aliphatic carbocycles. The summed E-state index contributed by atoms with van der Waals surface area (Å²) < 4.78 is 7.52. The Hall–Kier alpha value is -1.81. The highest BCUT2D eigenvalue weighted by atomic mass is 16.5. The van der Waals surface area contributed by atoms with Gasteiger partial charge in [-0.3, -0.25) is 4.68 Å². The average Bonchev–Trinajstić information content (AvgIpc) is 2.98. The molecule has 1 fully saturated rings. The van der Waals surface area contributed by atoms with Crippen molar-refractivity contribution in [2.24, 2.45) is 0 Å². The Morgan fingerprint density at radius 3 is 2.70 bits per heavy atom. The smallest absolute Gasteiger partial charge is 0.119 e. The second-order valence-corrected chi connectivity index (χ2v) is 6.48. The van der Waals surface area contributed by atoms with Gasteiger partial charge in [-0.15, -0.1) is 0 Å². The first-order valence-electron chi connectivity index (χ1n) is 8.57. The molecule has 0 unspecified atom stereocenters. The molecule has 2 heterocycles. The molecular weight excluding hydrogens is 286 g/mol. The highest BCUT2D eigenvalue weighted by molar-refractivity contribution is 5.31. The Kier molecular flexibility index (Phi) is 5.01. The van der Waals surface area contributed by atoms with Gasteiger partial charge in [-0.2, -0.15) is 5.10 Å². The SMILES string of the molecule is CCn1nc(Cc2cccc(OC)c2)cc1C1CCN(C)CC1. The van der Waals surface area contributed by atoms with Gasteiger partial charge in [0.15, 0.2) is 0 Å². The predicted octanol–water partition coefficient (Wildman–Crippen LogP) is 3.31. The first-order valence-corrected chi connectivity index (χ1v) is 8.57. The fourth-order valence-electron chi connectivity index (χ4n) is 3.45. The van der Waals surface area contributed by atoms with Gasteiger partial charge in [0.2, 0.25) is 0 Å². The lowest BCUT2D eigenvalue weighted by Gasteiger charge is -2.29. The van der Waals surface area contributed by atoms with Crippen LogP contribution in [-0.4, -0.2) is 41.9 Å². The molecule has 3 rings (SSSR count). The van der Waals surface area contributed by atoms with E-state index in [1.54, 1.807) is 7.11 Å². The van der Waals surface area contributed by atoms with Crippen molar-refractivity contribution in [1.29, 1.82) is 0 Å². The maximum atomic E-state index is 5.32. The molecule has 1 aromatic carbocycles. The third-order valence-electron chi connectivity index (χ3n) is 4.82. The van der Waals surface area contributed by atoms with Crippen LogP contribution in [0.2, 0.25) is 0 Å². The molecule has 1 aromatic heterocycles. The standard InChI is InChI=1S/C19H27N3O/c1-4-22-19(16-8-10-21(2)11-9-16)14-17(20-22)12-15-6-5-7-18(13-15)23-3/h5-7,13-14,16H,4,8-12H2,1-3H3. The van der Waals surface area contributed by atoms with Crippen molar-refractivity contribution < 1.29 is 4.74 Å². The molecule has 124 valence electrons. The number of methoxy groups -OCH3 is 1. The Labute approximate surface area is 139 Å². The number of piperidine rings is 1. The van der Waals surface area contributed by atoms with Crippen LogP contribution in [0.15, 0.2) is 30.3 Å². The third kappa shape index (κ3) is 3.75. The molecule has 23 heavy (non-hydrogen) atoms. The molecule has 1 saturated heterocycles. The molecule has 0 amide bonds. The van der Waals surface area contributed by atoms with Gasteiger partial charge in [-0.05, 0) is 63.7 Å². The minimum Gasteiger partial charge on any atom is -0.497 e. The second-order valence-electron chi connectivity index (χ2n) is 6.48. The predicted molar refractivity (Wildman–Crippen MR) is 93.2 cm³/mol. The van der Waals surface area contributed by atoms with E-state index in [2.05, 4.69) is 41.8 Å². The van der Waals surface area contributed by atoms with E-state index < -0.39 is 0 Å². The van der Waals surface area contributed by atoms with Crippen LogP contribution in [0, 0.1) is 0 Å². The van der Waals surface area contributed by atoms with E-state index in [1.165, 1.54) is 37.2 Å². The monoisotopic (exact) mass is 313 g/mol. The van der Waals surface area contributed by atoms with Crippen LogP contribution in [0.5, 0.6) is 5.75 Å². The van der Waals surface area contributed by atoms with Gasteiger partial charge in [-0.25, -0.2) is 0 Å². The number of ether oxygens (including phenoxy) is 1.